The number of ether oxygens (including phenoxy) is 1. The zero-order valence-corrected chi connectivity index (χ0v) is 8.69. The molecule has 0 N–H and O–H groups in total. The predicted octanol–water partition coefficient (Wildman–Crippen LogP) is 1.65. The fourth-order valence-corrected chi connectivity index (χ4v) is 1.63. The van der Waals surface area contributed by atoms with Gasteiger partial charge < -0.3 is 9.30 Å². The maximum Gasteiger partial charge on any atom is 0.146 e. The highest BCUT2D eigenvalue weighted by molar-refractivity contribution is 5.82. The second-order valence-corrected chi connectivity index (χ2v) is 3.25. The third-order valence-electron chi connectivity index (χ3n) is 2.42. The average Bonchev–Trinajstić information content (AvgIpc) is 2.57. The largest absolute Gasteiger partial charge is 0.494 e. The first-order valence-corrected chi connectivity index (χ1v) is 4.63. The van der Waals surface area contributed by atoms with Gasteiger partial charge in [0, 0.05) is 7.05 Å². The van der Waals surface area contributed by atoms with Crippen molar-refractivity contribution in [3.05, 3.63) is 24.0 Å². The molecule has 0 aliphatic carbocycles. The molecule has 0 saturated carbocycles. The number of methoxy groups -OCH3 is 1. The molecule has 1 aromatic heterocycles. The standard InChI is InChI=1S/C11H11N3O/c1-14-8-4-3-5-9(15-2)11(8)13-10(14)6-7-12/h3-5H,6H2,1-2H3. The van der Waals surface area contributed by atoms with Crippen LogP contribution in [-0.4, -0.2) is 16.7 Å². The molecule has 1 heterocycles. The molecule has 2 rings (SSSR count). The summed E-state index contributed by atoms with van der Waals surface area (Å²) in [5, 5.41) is 8.66. The highest BCUT2D eigenvalue weighted by Crippen LogP contribution is 2.24. The van der Waals surface area contributed by atoms with Crippen LogP contribution in [0.2, 0.25) is 0 Å². The number of benzene rings is 1. The minimum atomic E-state index is 0.314. The Morgan fingerprint density at radius 2 is 2.33 bits per heavy atom. The van der Waals surface area contributed by atoms with E-state index in [2.05, 4.69) is 11.1 Å². The molecule has 0 unspecified atom stereocenters. The Morgan fingerprint density at radius 1 is 1.53 bits per heavy atom. The van der Waals surface area contributed by atoms with Crippen LogP contribution < -0.4 is 4.74 Å². The first kappa shape index (κ1) is 9.53. The van der Waals surface area contributed by atoms with E-state index in [0.29, 0.717) is 6.42 Å². The van der Waals surface area contributed by atoms with Crippen LogP contribution in [0.25, 0.3) is 11.0 Å². The summed E-state index contributed by atoms with van der Waals surface area (Å²) in [5.74, 6) is 1.50. The lowest BCUT2D eigenvalue weighted by atomic mass is 10.3. The topological polar surface area (TPSA) is 50.8 Å². The van der Waals surface area contributed by atoms with Gasteiger partial charge in [-0.25, -0.2) is 4.98 Å². The molecule has 4 nitrogen and oxygen atoms in total. The van der Waals surface area contributed by atoms with Gasteiger partial charge in [0.05, 0.1) is 25.1 Å². The Hall–Kier alpha value is -2.02. The second-order valence-electron chi connectivity index (χ2n) is 3.25. The molecule has 0 atom stereocenters. The van der Waals surface area contributed by atoms with Crippen LogP contribution in [-0.2, 0) is 13.5 Å². The van der Waals surface area contributed by atoms with Gasteiger partial charge in [0.25, 0.3) is 0 Å². The molecular formula is C11H11N3O. The van der Waals surface area contributed by atoms with E-state index in [1.54, 1.807) is 7.11 Å². The summed E-state index contributed by atoms with van der Waals surface area (Å²) in [6.45, 7) is 0. The van der Waals surface area contributed by atoms with Crippen molar-refractivity contribution in [2.75, 3.05) is 7.11 Å². The zero-order valence-electron chi connectivity index (χ0n) is 8.69. The molecule has 1 aromatic carbocycles. The van der Waals surface area contributed by atoms with Crippen LogP contribution in [0.4, 0.5) is 0 Å². The third kappa shape index (κ3) is 1.42. The van der Waals surface area contributed by atoms with Gasteiger partial charge in [0.2, 0.25) is 0 Å². The van der Waals surface area contributed by atoms with Crippen LogP contribution in [0.15, 0.2) is 18.2 Å². The molecule has 0 bridgehead atoms. The number of fused-ring (bicyclic) bond motifs is 1. The van der Waals surface area contributed by atoms with Crippen molar-refractivity contribution in [2.45, 2.75) is 6.42 Å². The summed E-state index contributed by atoms with van der Waals surface area (Å²) in [6, 6.07) is 7.85. The van der Waals surface area contributed by atoms with Crippen molar-refractivity contribution in [3.63, 3.8) is 0 Å². The average molecular weight is 201 g/mol. The second kappa shape index (κ2) is 3.62. The van der Waals surface area contributed by atoms with E-state index >= 15 is 0 Å². The van der Waals surface area contributed by atoms with E-state index in [0.717, 1.165) is 22.6 Å². The van der Waals surface area contributed by atoms with Crippen LogP contribution in [0.5, 0.6) is 5.75 Å². The fourth-order valence-electron chi connectivity index (χ4n) is 1.63. The smallest absolute Gasteiger partial charge is 0.146 e. The van der Waals surface area contributed by atoms with Crippen molar-refractivity contribution in [2.24, 2.45) is 7.05 Å². The van der Waals surface area contributed by atoms with Gasteiger partial charge in [0.15, 0.2) is 0 Å². The lowest BCUT2D eigenvalue weighted by Gasteiger charge is -2.00. The number of rotatable bonds is 2. The van der Waals surface area contributed by atoms with Gasteiger partial charge in [-0.2, -0.15) is 5.26 Å². The summed E-state index contributed by atoms with van der Waals surface area (Å²) in [4.78, 5) is 4.39. The van der Waals surface area contributed by atoms with Gasteiger partial charge in [-0.15, -0.1) is 0 Å². The molecule has 0 fully saturated rings. The minimum Gasteiger partial charge on any atom is -0.494 e. The van der Waals surface area contributed by atoms with E-state index in [1.807, 2.05) is 29.8 Å². The van der Waals surface area contributed by atoms with Gasteiger partial charge >= 0.3 is 0 Å². The number of nitriles is 1. The summed E-state index contributed by atoms with van der Waals surface area (Å²) < 4.78 is 7.13. The lowest BCUT2D eigenvalue weighted by Crippen LogP contribution is -1.95. The maximum absolute atomic E-state index is 8.66. The molecular weight excluding hydrogens is 190 g/mol. The Labute approximate surface area is 87.7 Å². The molecule has 0 radical (unpaired) electrons. The van der Waals surface area contributed by atoms with Gasteiger partial charge in [0.1, 0.15) is 17.1 Å². The molecule has 0 aliphatic heterocycles. The van der Waals surface area contributed by atoms with Crippen molar-refractivity contribution in [1.29, 1.82) is 5.26 Å². The molecule has 0 spiro atoms. The SMILES string of the molecule is COc1cccc2c1nc(CC#N)n2C. The summed E-state index contributed by atoms with van der Waals surface area (Å²) in [6.07, 6.45) is 0.314. The molecule has 4 heteroatoms. The Morgan fingerprint density at radius 3 is 3.00 bits per heavy atom. The Bertz CT molecular complexity index is 536. The van der Waals surface area contributed by atoms with Gasteiger partial charge in [-0.05, 0) is 12.1 Å². The highest BCUT2D eigenvalue weighted by Gasteiger charge is 2.10. The quantitative estimate of drug-likeness (QED) is 0.742. The minimum absolute atomic E-state index is 0.314. The van der Waals surface area contributed by atoms with Crippen molar-refractivity contribution < 1.29 is 4.74 Å². The number of para-hydroxylation sites is 1. The van der Waals surface area contributed by atoms with E-state index in [1.165, 1.54) is 0 Å². The summed E-state index contributed by atoms with van der Waals surface area (Å²) in [5.41, 5.74) is 1.80. The van der Waals surface area contributed by atoms with E-state index in [4.69, 9.17) is 10.00 Å². The fraction of sp³-hybridized carbons (Fsp3) is 0.273. The van der Waals surface area contributed by atoms with Crippen molar-refractivity contribution in [1.82, 2.24) is 9.55 Å². The van der Waals surface area contributed by atoms with Crippen LogP contribution >= 0.6 is 0 Å². The number of hydrogen-bond acceptors (Lipinski definition) is 3. The number of nitrogens with zero attached hydrogens (tertiary/aromatic N) is 3. The predicted molar refractivity (Wildman–Crippen MR) is 56.6 cm³/mol. The third-order valence-corrected chi connectivity index (χ3v) is 2.42. The maximum atomic E-state index is 8.66. The molecule has 76 valence electrons. The van der Waals surface area contributed by atoms with E-state index in [-0.39, 0.29) is 0 Å². The van der Waals surface area contributed by atoms with E-state index < -0.39 is 0 Å². The van der Waals surface area contributed by atoms with Crippen LogP contribution in [0.3, 0.4) is 0 Å². The molecule has 15 heavy (non-hydrogen) atoms. The van der Waals surface area contributed by atoms with E-state index in [9.17, 15) is 0 Å². The number of imidazole rings is 1. The zero-order chi connectivity index (χ0) is 10.8. The molecule has 0 aliphatic rings. The number of hydrogen-bond donors (Lipinski definition) is 0. The normalized spacial score (nSPS) is 10.2. The van der Waals surface area contributed by atoms with Crippen molar-refractivity contribution in [3.8, 4) is 11.8 Å². The Kier molecular flexibility index (Phi) is 2.30. The van der Waals surface area contributed by atoms with Crippen LogP contribution in [0.1, 0.15) is 5.82 Å². The molecule has 2 aromatic rings. The van der Waals surface area contributed by atoms with Crippen molar-refractivity contribution >= 4 is 11.0 Å². The first-order valence-electron chi connectivity index (χ1n) is 4.63. The molecule has 0 amide bonds. The number of aryl methyl sites for hydroxylation is 1. The summed E-state index contributed by atoms with van der Waals surface area (Å²) in [7, 11) is 3.52. The highest BCUT2D eigenvalue weighted by atomic mass is 16.5. The monoisotopic (exact) mass is 201 g/mol. The summed E-state index contributed by atoms with van der Waals surface area (Å²) >= 11 is 0. The van der Waals surface area contributed by atoms with Gasteiger partial charge in [-0.3, -0.25) is 0 Å². The Balaban J connectivity index is 2.70. The van der Waals surface area contributed by atoms with Crippen LogP contribution in [0, 0.1) is 11.3 Å². The van der Waals surface area contributed by atoms with Gasteiger partial charge in [-0.1, -0.05) is 6.07 Å². The lowest BCUT2D eigenvalue weighted by molar-refractivity contribution is 0.419. The molecule has 0 saturated heterocycles. The number of aromatic nitrogens is 2. The first-order chi connectivity index (χ1) is 7.27.